The summed E-state index contributed by atoms with van der Waals surface area (Å²) in [5.41, 5.74) is 1.13. The summed E-state index contributed by atoms with van der Waals surface area (Å²) in [4.78, 5) is 26.7. The van der Waals surface area contributed by atoms with Crippen LogP contribution in [0, 0.1) is 16.7 Å². The minimum absolute atomic E-state index is 0.191. The second kappa shape index (κ2) is 8.94. The number of nitriles is 1. The van der Waals surface area contributed by atoms with Crippen molar-refractivity contribution in [3.8, 4) is 17.6 Å². The first-order chi connectivity index (χ1) is 17.0. The number of nitrogens with one attached hydrogen (secondary N) is 3. The summed E-state index contributed by atoms with van der Waals surface area (Å²) >= 11 is 0. The maximum absolute atomic E-state index is 13.1. The lowest BCUT2D eigenvalue weighted by Gasteiger charge is -2.48. The molecule has 1 fully saturated rings. The number of amides is 1. The third-order valence-corrected chi connectivity index (χ3v) is 6.17. The lowest BCUT2D eigenvalue weighted by atomic mass is 9.81. The highest BCUT2D eigenvalue weighted by molar-refractivity contribution is 6.00. The van der Waals surface area contributed by atoms with Gasteiger partial charge in [0.25, 0.3) is 5.91 Å². The molecule has 12 heteroatoms. The largest absolute Gasteiger partial charge is 0.485 e. The van der Waals surface area contributed by atoms with Crippen LogP contribution in [0.3, 0.4) is 0 Å². The topological polar surface area (TPSA) is 169 Å². The number of aromatic nitrogens is 3. The van der Waals surface area contributed by atoms with E-state index in [9.17, 15) is 20.3 Å². The van der Waals surface area contributed by atoms with Gasteiger partial charge in [0.15, 0.2) is 11.5 Å². The summed E-state index contributed by atoms with van der Waals surface area (Å²) in [6, 6.07) is 5.47. The number of H-pyrrole nitrogens is 1. The van der Waals surface area contributed by atoms with Gasteiger partial charge in [0.05, 0.1) is 40.8 Å². The standard InChI is InChI=1S/C23H25N7O5/c1-2-25-19-16-13(7-24)8-26-20(16)29-22(28-19)27-15-4-3-14(17-18(15)35-6-5-34-17)21(33)30-9-23(10-30,11-31)12-32/h3-4,8,31-32H,2,5-6,9-12H2,1H3,(H3,25,26,27,28,29). The third kappa shape index (κ3) is 3.84. The monoisotopic (exact) mass is 479 g/mol. The van der Waals surface area contributed by atoms with Crippen molar-refractivity contribution in [1.29, 1.82) is 5.26 Å². The van der Waals surface area contributed by atoms with Crippen molar-refractivity contribution in [3.05, 3.63) is 29.5 Å². The summed E-state index contributed by atoms with van der Waals surface area (Å²) in [6.07, 6.45) is 1.58. The van der Waals surface area contributed by atoms with E-state index in [2.05, 4.69) is 31.7 Å². The number of nitrogens with zero attached hydrogens (tertiary/aromatic N) is 4. The van der Waals surface area contributed by atoms with Gasteiger partial charge in [-0.25, -0.2) is 0 Å². The van der Waals surface area contributed by atoms with Crippen LogP contribution in [0.5, 0.6) is 11.5 Å². The average molecular weight is 479 g/mol. The predicted molar refractivity (Wildman–Crippen MR) is 126 cm³/mol. The minimum atomic E-state index is -0.669. The highest BCUT2D eigenvalue weighted by Crippen LogP contribution is 2.43. The van der Waals surface area contributed by atoms with Gasteiger partial charge in [0.1, 0.15) is 30.7 Å². The normalized spacial score (nSPS) is 15.9. The summed E-state index contributed by atoms with van der Waals surface area (Å²) < 4.78 is 11.7. The fourth-order valence-corrected chi connectivity index (χ4v) is 4.32. The Kier molecular flexibility index (Phi) is 5.80. The molecular formula is C23H25N7O5. The molecule has 0 radical (unpaired) electrons. The van der Waals surface area contributed by atoms with Crippen LogP contribution in [0.25, 0.3) is 11.0 Å². The molecule has 2 aliphatic rings. The van der Waals surface area contributed by atoms with Crippen LogP contribution >= 0.6 is 0 Å². The van der Waals surface area contributed by atoms with E-state index in [1.165, 1.54) is 0 Å². The predicted octanol–water partition coefficient (Wildman–Crippen LogP) is 1.20. The van der Waals surface area contributed by atoms with E-state index in [1.54, 1.807) is 23.2 Å². The van der Waals surface area contributed by atoms with Crippen molar-refractivity contribution in [2.45, 2.75) is 6.92 Å². The molecule has 0 spiro atoms. The quantitative estimate of drug-likeness (QED) is 0.332. The molecule has 3 aromatic rings. The van der Waals surface area contributed by atoms with Gasteiger partial charge in [0.2, 0.25) is 5.95 Å². The average Bonchev–Trinajstić information content (AvgIpc) is 3.28. The lowest BCUT2D eigenvalue weighted by molar-refractivity contribution is -0.0590. The van der Waals surface area contributed by atoms with E-state index < -0.39 is 5.41 Å². The number of benzene rings is 1. The molecule has 4 heterocycles. The Labute approximate surface area is 200 Å². The molecule has 0 unspecified atom stereocenters. The van der Waals surface area contributed by atoms with Crippen LogP contribution in [0.4, 0.5) is 17.5 Å². The number of aliphatic hydroxyl groups excluding tert-OH is 2. The zero-order valence-electron chi connectivity index (χ0n) is 19.1. The molecule has 5 rings (SSSR count). The van der Waals surface area contributed by atoms with Gasteiger partial charge in [0, 0.05) is 25.8 Å². The Morgan fingerprint density at radius 2 is 1.97 bits per heavy atom. The minimum Gasteiger partial charge on any atom is -0.485 e. The van der Waals surface area contributed by atoms with E-state index in [1.807, 2.05) is 6.92 Å². The van der Waals surface area contributed by atoms with Crippen molar-refractivity contribution in [2.75, 3.05) is 56.7 Å². The Hall–Kier alpha value is -4.08. The van der Waals surface area contributed by atoms with Crippen LogP contribution in [-0.4, -0.2) is 82.0 Å². The summed E-state index contributed by atoms with van der Waals surface area (Å²) in [5, 5.41) is 35.4. The number of aliphatic hydroxyl groups is 2. The first-order valence-corrected chi connectivity index (χ1v) is 11.3. The Morgan fingerprint density at radius 1 is 1.23 bits per heavy atom. The fraction of sp³-hybridized carbons (Fsp3) is 0.391. The number of carbonyl (C=O) groups is 1. The molecule has 182 valence electrons. The molecule has 0 saturated carbocycles. The van der Waals surface area contributed by atoms with Gasteiger partial charge >= 0.3 is 0 Å². The molecule has 1 aromatic carbocycles. The smallest absolute Gasteiger partial charge is 0.257 e. The molecule has 0 bridgehead atoms. The van der Waals surface area contributed by atoms with Gasteiger partial charge in [-0.15, -0.1) is 0 Å². The van der Waals surface area contributed by atoms with Crippen LogP contribution in [-0.2, 0) is 0 Å². The van der Waals surface area contributed by atoms with Gasteiger partial charge in [-0.2, -0.15) is 15.2 Å². The maximum Gasteiger partial charge on any atom is 0.257 e. The van der Waals surface area contributed by atoms with E-state index in [4.69, 9.17) is 9.47 Å². The van der Waals surface area contributed by atoms with Crippen LogP contribution < -0.4 is 20.1 Å². The number of hydrogen-bond acceptors (Lipinski definition) is 10. The maximum atomic E-state index is 13.1. The summed E-state index contributed by atoms with van der Waals surface area (Å²) in [5.74, 6) is 1.21. The summed E-state index contributed by atoms with van der Waals surface area (Å²) in [6.45, 7) is 3.28. The number of hydrogen-bond donors (Lipinski definition) is 5. The number of carbonyl (C=O) groups excluding carboxylic acids is 1. The third-order valence-electron chi connectivity index (χ3n) is 6.17. The van der Waals surface area contributed by atoms with Crippen molar-refractivity contribution in [3.63, 3.8) is 0 Å². The van der Waals surface area contributed by atoms with Crippen LogP contribution in [0.15, 0.2) is 18.3 Å². The van der Waals surface area contributed by atoms with Crippen LogP contribution in [0.1, 0.15) is 22.8 Å². The number of aromatic amines is 1. The zero-order chi connectivity index (χ0) is 24.6. The van der Waals surface area contributed by atoms with E-state index in [-0.39, 0.29) is 38.2 Å². The highest BCUT2D eigenvalue weighted by atomic mass is 16.6. The molecule has 5 N–H and O–H groups in total. The zero-order valence-corrected chi connectivity index (χ0v) is 19.1. The first kappa shape index (κ1) is 22.7. The molecule has 0 atom stereocenters. The van der Waals surface area contributed by atoms with Crippen molar-refractivity contribution < 1.29 is 24.5 Å². The number of ether oxygens (including phenoxy) is 2. The molecule has 35 heavy (non-hydrogen) atoms. The summed E-state index contributed by atoms with van der Waals surface area (Å²) in [7, 11) is 0. The fourth-order valence-electron chi connectivity index (χ4n) is 4.32. The van der Waals surface area contributed by atoms with E-state index in [0.717, 1.165) is 0 Å². The number of likely N-dealkylation sites (tertiary alicyclic amines) is 1. The number of fused-ring (bicyclic) bond motifs is 2. The Morgan fingerprint density at radius 3 is 2.66 bits per heavy atom. The first-order valence-electron chi connectivity index (χ1n) is 11.3. The number of rotatable bonds is 7. The van der Waals surface area contributed by atoms with Gasteiger partial charge < -0.3 is 40.2 Å². The Balaban J connectivity index is 1.47. The Bertz CT molecular complexity index is 1320. The highest BCUT2D eigenvalue weighted by Gasteiger charge is 2.45. The molecule has 0 aliphatic carbocycles. The molecular weight excluding hydrogens is 454 g/mol. The molecule has 1 amide bonds. The SMILES string of the molecule is CCNc1nc(Nc2ccc(C(=O)N3CC(CO)(CO)C3)c3c2OCCO3)nc2[nH]cc(C#N)c12. The molecule has 2 aliphatic heterocycles. The molecule has 12 nitrogen and oxygen atoms in total. The van der Waals surface area contributed by atoms with Crippen molar-refractivity contribution >= 4 is 34.4 Å². The second-order valence-corrected chi connectivity index (χ2v) is 8.58. The van der Waals surface area contributed by atoms with Crippen molar-refractivity contribution in [1.82, 2.24) is 19.9 Å². The van der Waals surface area contributed by atoms with Crippen LogP contribution in [0.2, 0.25) is 0 Å². The van der Waals surface area contributed by atoms with Gasteiger partial charge in [-0.1, -0.05) is 0 Å². The second-order valence-electron chi connectivity index (χ2n) is 8.58. The van der Waals surface area contributed by atoms with Gasteiger partial charge in [-0.3, -0.25) is 4.79 Å². The molecule has 1 saturated heterocycles. The number of anilines is 3. The van der Waals surface area contributed by atoms with E-state index >= 15 is 0 Å². The van der Waals surface area contributed by atoms with E-state index in [0.29, 0.717) is 64.9 Å². The lowest BCUT2D eigenvalue weighted by Crippen LogP contribution is -2.62. The van der Waals surface area contributed by atoms with Gasteiger partial charge in [-0.05, 0) is 19.1 Å². The molecule has 2 aromatic heterocycles. The van der Waals surface area contributed by atoms with Crippen molar-refractivity contribution in [2.24, 2.45) is 5.41 Å².